The molecule has 0 radical (unpaired) electrons. The first kappa shape index (κ1) is 12.1. The number of pyridine rings is 1. The lowest BCUT2D eigenvalue weighted by molar-refractivity contribution is 0.709. The van der Waals surface area contributed by atoms with E-state index in [4.69, 9.17) is 10.7 Å². The molecule has 0 saturated heterocycles. The average molecular weight is 254 g/mol. The number of hydrogen-bond donors (Lipinski definition) is 1. The summed E-state index contributed by atoms with van der Waals surface area (Å²) >= 11 is 0. The molecule has 1 aliphatic rings. The van der Waals surface area contributed by atoms with E-state index in [0.29, 0.717) is 11.6 Å². The lowest BCUT2D eigenvalue weighted by atomic mass is 10.1. The zero-order valence-electron chi connectivity index (χ0n) is 11.2. The summed E-state index contributed by atoms with van der Waals surface area (Å²) in [5.74, 6) is 1.36. The van der Waals surface area contributed by atoms with Gasteiger partial charge in [-0.3, -0.25) is 4.98 Å². The molecule has 2 N–H and O–H groups in total. The molecule has 19 heavy (non-hydrogen) atoms. The van der Waals surface area contributed by atoms with Crippen LogP contribution in [0.1, 0.15) is 36.1 Å². The number of nitrogens with two attached hydrogens (primary N) is 1. The highest BCUT2D eigenvalue weighted by molar-refractivity contribution is 5.61. The van der Waals surface area contributed by atoms with Crippen LogP contribution in [0.4, 0.5) is 5.82 Å². The third kappa shape index (κ3) is 2.30. The number of fused-ring (bicyclic) bond motifs is 1. The molecule has 2 aromatic heterocycles. The molecule has 0 fully saturated rings. The number of anilines is 1. The van der Waals surface area contributed by atoms with Crippen molar-refractivity contribution < 1.29 is 0 Å². The Bertz CT molecular complexity index is 607. The monoisotopic (exact) mass is 254 g/mol. The Kier molecular flexibility index (Phi) is 3.15. The van der Waals surface area contributed by atoms with E-state index in [1.807, 2.05) is 19.2 Å². The third-order valence-corrected chi connectivity index (χ3v) is 3.75. The van der Waals surface area contributed by atoms with Gasteiger partial charge >= 0.3 is 0 Å². The van der Waals surface area contributed by atoms with E-state index in [1.54, 1.807) is 6.20 Å². The number of nitrogen functional groups attached to an aromatic ring is 1. The molecule has 1 aliphatic carbocycles. The third-order valence-electron chi connectivity index (χ3n) is 3.75. The van der Waals surface area contributed by atoms with Crippen LogP contribution in [-0.4, -0.2) is 15.0 Å². The van der Waals surface area contributed by atoms with Crippen molar-refractivity contribution in [1.82, 2.24) is 15.0 Å². The van der Waals surface area contributed by atoms with Crippen LogP contribution < -0.4 is 5.73 Å². The van der Waals surface area contributed by atoms with E-state index in [2.05, 4.69) is 9.97 Å². The van der Waals surface area contributed by atoms with Crippen molar-refractivity contribution in [3.05, 3.63) is 35.3 Å². The molecule has 2 heterocycles. The van der Waals surface area contributed by atoms with E-state index in [-0.39, 0.29) is 0 Å². The normalized spacial score (nSPS) is 14.8. The molecule has 0 aliphatic heterocycles. The van der Waals surface area contributed by atoms with Crippen molar-refractivity contribution in [2.24, 2.45) is 0 Å². The number of nitrogens with zero attached hydrogens (tertiary/aromatic N) is 3. The van der Waals surface area contributed by atoms with Crippen LogP contribution in [-0.2, 0) is 12.8 Å². The molecule has 0 atom stereocenters. The van der Waals surface area contributed by atoms with Gasteiger partial charge in [-0.25, -0.2) is 9.97 Å². The molecule has 4 heteroatoms. The van der Waals surface area contributed by atoms with Gasteiger partial charge in [0, 0.05) is 29.2 Å². The Labute approximate surface area is 113 Å². The highest BCUT2D eigenvalue weighted by Gasteiger charge is 2.16. The largest absolute Gasteiger partial charge is 0.383 e. The van der Waals surface area contributed by atoms with Gasteiger partial charge in [0.2, 0.25) is 0 Å². The number of aryl methyl sites for hydroxylation is 2. The first-order valence-electron chi connectivity index (χ1n) is 6.82. The van der Waals surface area contributed by atoms with Gasteiger partial charge in [-0.1, -0.05) is 6.42 Å². The number of rotatable bonds is 1. The first-order valence-corrected chi connectivity index (χ1v) is 6.82. The highest BCUT2D eigenvalue weighted by atomic mass is 15.0. The van der Waals surface area contributed by atoms with E-state index < -0.39 is 0 Å². The molecule has 0 unspecified atom stereocenters. The Morgan fingerprint density at radius 2 is 1.95 bits per heavy atom. The first-order chi connectivity index (χ1) is 9.25. The van der Waals surface area contributed by atoms with Gasteiger partial charge in [0.15, 0.2) is 5.82 Å². The van der Waals surface area contributed by atoms with Crippen LogP contribution in [0, 0.1) is 6.92 Å². The molecule has 0 bridgehead atoms. The number of aromatic nitrogens is 3. The smallest absolute Gasteiger partial charge is 0.163 e. The molecule has 98 valence electrons. The Morgan fingerprint density at radius 1 is 1.11 bits per heavy atom. The van der Waals surface area contributed by atoms with E-state index >= 15 is 0 Å². The molecular weight excluding hydrogens is 236 g/mol. The fraction of sp³-hybridized carbons (Fsp3) is 0.400. The predicted octanol–water partition coefficient (Wildman–Crippen LogP) is 2.70. The zero-order valence-corrected chi connectivity index (χ0v) is 11.2. The predicted molar refractivity (Wildman–Crippen MR) is 75.7 cm³/mol. The van der Waals surface area contributed by atoms with E-state index in [9.17, 15) is 0 Å². The fourth-order valence-corrected chi connectivity index (χ4v) is 2.62. The zero-order chi connectivity index (χ0) is 13.2. The summed E-state index contributed by atoms with van der Waals surface area (Å²) in [5.41, 5.74) is 10.5. The van der Waals surface area contributed by atoms with Gasteiger partial charge in [0.05, 0.1) is 0 Å². The standard InChI is InChI=1S/C15H18N4/c1-10-7-8-17-9-12(10)15-18-13-6-4-2-3-5-11(13)14(16)19-15/h7-9H,2-6H2,1H3,(H2,16,18,19). The molecule has 4 nitrogen and oxygen atoms in total. The summed E-state index contributed by atoms with van der Waals surface area (Å²) in [6.07, 6.45) is 9.23. The summed E-state index contributed by atoms with van der Waals surface area (Å²) < 4.78 is 0. The topological polar surface area (TPSA) is 64.7 Å². The van der Waals surface area contributed by atoms with Gasteiger partial charge in [0.1, 0.15) is 5.82 Å². The van der Waals surface area contributed by atoms with Crippen LogP contribution in [0.25, 0.3) is 11.4 Å². The maximum Gasteiger partial charge on any atom is 0.163 e. The van der Waals surface area contributed by atoms with Gasteiger partial charge in [-0.15, -0.1) is 0 Å². The summed E-state index contributed by atoms with van der Waals surface area (Å²) in [6.45, 7) is 2.04. The number of hydrogen-bond acceptors (Lipinski definition) is 4. The fourth-order valence-electron chi connectivity index (χ4n) is 2.62. The van der Waals surface area contributed by atoms with E-state index in [0.717, 1.165) is 35.2 Å². The second-order valence-electron chi connectivity index (χ2n) is 5.11. The van der Waals surface area contributed by atoms with Gasteiger partial charge in [0.25, 0.3) is 0 Å². The van der Waals surface area contributed by atoms with Crippen LogP contribution in [0.15, 0.2) is 18.5 Å². The molecule has 0 saturated carbocycles. The van der Waals surface area contributed by atoms with Gasteiger partial charge < -0.3 is 5.73 Å². The second-order valence-corrected chi connectivity index (χ2v) is 5.11. The van der Waals surface area contributed by atoms with Crippen LogP contribution >= 0.6 is 0 Å². The van der Waals surface area contributed by atoms with Gasteiger partial charge in [-0.2, -0.15) is 0 Å². The second kappa shape index (κ2) is 4.96. The molecule has 0 aromatic carbocycles. The molecule has 3 rings (SSSR count). The quantitative estimate of drug-likeness (QED) is 0.795. The van der Waals surface area contributed by atoms with E-state index in [1.165, 1.54) is 19.3 Å². The van der Waals surface area contributed by atoms with Crippen molar-refractivity contribution in [2.45, 2.75) is 39.0 Å². The van der Waals surface area contributed by atoms with Crippen molar-refractivity contribution in [3.8, 4) is 11.4 Å². The molecular formula is C15H18N4. The highest BCUT2D eigenvalue weighted by Crippen LogP contribution is 2.27. The van der Waals surface area contributed by atoms with Crippen molar-refractivity contribution >= 4 is 5.82 Å². The SMILES string of the molecule is Cc1ccncc1-c1nc(N)c2c(n1)CCCCC2. The summed E-state index contributed by atoms with van der Waals surface area (Å²) in [4.78, 5) is 13.4. The van der Waals surface area contributed by atoms with Crippen LogP contribution in [0.3, 0.4) is 0 Å². The molecule has 0 amide bonds. The maximum absolute atomic E-state index is 6.13. The van der Waals surface area contributed by atoms with Crippen molar-refractivity contribution in [1.29, 1.82) is 0 Å². The van der Waals surface area contributed by atoms with Crippen LogP contribution in [0.5, 0.6) is 0 Å². The molecule has 0 spiro atoms. The Balaban J connectivity index is 2.12. The minimum absolute atomic E-state index is 0.644. The van der Waals surface area contributed by atoms with Crippen LogP contribution in [0.2, 0.25) is 0 Å². The lowest BCUT2D eigenvalue weighted by Crippen LogP contribution is -2.07. The Hall–Kier alpha value is -1.97. The summed E-state index contributed by atoms with van der Waals surface area (Å²) in [6, 6.07) is 1.97. The lowest BCUT2D eigenvalue weighted by Gasteiger charge is -2.11. The van der Waals surface area contributed by atoms with Crippen molar-refractivity contribution in [3.63, 3.8) is 0 Å². The minimum Gasteiger partial charge on any atom is -0.383 e. The molecule has 2 aromatic rings. The Morgan fingerprint density at radius 3 is 2.79 bits per heavy atom. The van der Waals surface area contributed by atoms with Crippen molar-refractivity contribution in [2.75, 3.05) is 5.73 Å². The maximum atomic E-state index is 6.13. The summed E-state index contributed by atoms with van der Waals surface area (Å²) in [7, 11) is 0. The average Bonchev–Trinajstić information content (AvgIpc) is 2.65. The minimum atomic E-state index is 0.644. The summed E-state index contributed by atoms with van der Waals surface area (Å²) in [5, 5.41) is 0. The van der Waals surface area contributed by atoms with Gasteiger partial charge in [-0.05, 0) is 44.2 Å².